The van der Waals surface area contributed by atoms with Crippen molar-refractivity contribution in [3.05, 3.63) is 77.9 Å². The molecule has 0 saturated carbocycles. The van der Waals surface area contributed by atoms with Gasteiger partial charge in [0.25, 0.3) is 5.91 Å². The molecule has 0 aliphatic carbocycles. The van der Waals surface area contributed by atoms with Crippen LogP contribution in [0.2, 0.25) is 18.1 Å². The molecule has 0 unspecified atom stereocenters. The number of hydrogen-bond acceptors (Lipinski definition) is 4. The number of benzene rings is 2. The Labute approximate surface area is 239 Å². The van der Waals surface area contributed by atoms with Crippen molar-refractivity contribution in [3.63, 3.8) is 0 Å². The van der Waals surface area contributed by atoms with Gasteiger partial charge >= 0.3 is 0 Å². The Morgan fingerprint density at radius 1 is 1.05 bits per heavy atom. The third-order valence-corrected chi connectivity index (χ3v) is 13.1. The van der Waals surface area contributed by atoms with Crippen molar-refractivity contribution in [2.45, 2.75) is 84.7 Å². The molecule has 3 atom stereocenters. The van der Waals surface area contributed by atoms with Gasteiger partial charge in [-0.15, -0.1) is 6.58 Å². The van der Waals surface area contributed by atoms with Gasteiger partial charge in [-0.3, -0.25) is 14.6 Å². The van der Waals surface area contributed by atoms with Gasteiger partial charge in [0.2, 0.25) is 8.32 Å². The molecule has 1 saturated heterocycles. The summed E-state index contributed by atoms with van der Waals surface area (Å²) < 4.78 is 6.73. The molecule has 1 aliphatic rings. The zero-order valence-electron chi connectivity index (χ0n) is 25.8. The minimum Gasteiger partial charge on any atom is -0.543 e. The highest BCUT2D eigenvalue weighted by Crippen LogP contribution is 2.39. The minimum absolute atomic E-state index is 0.0638. The summed E-state index contributed by atoms with van der Waals surface area (Å²) in [5.74, 6) is 1.04. The summed E-state index contributed by atoms with van der Waals surface area (Å²) in [7, 11) is -1.98. The van der Waals surface area contributed by atoms with Crippen LogP contribution in [0, 0.1) is 0 Å². The van der Waals surface area contributed by atoms with E-state index < -0.39 is 8.32 Å². The van der Waals surface area contributed by atoms with Gasteiger partial charge in [0.05, 0.1) is 6.04 Å². The van der Waals surface area contributed by atoms with Gasteiger partial charge in [-0.25, -0.2) is 0 Å². The summed E-state index contributed by atoms with van der Waals surface area (Å²) in [5.41, 5.74) is 3.17. The van der Waals surface area contributed by atoms with E-state index in [9.17, 15) is 4.79 Å². The van der Waals surface area contributed by atoms with E-state index in [1.807, 2.05) is 37.0 Å². The first-order chi connectivity index (χ1) is 18.3. The van der Waals surface area contributed by atoms with E-state index in [4.69, 9.17) is 4.43 Å². The molecule has 3 rings (SSSR count). The first-order valence-corrected chi connectivity index (χ1v) is 17.5. The molecule has 2 aromatic carbocycles. The Balaban J connectivity index is 2.03. The molecule has 0 radical (unpaired) electrons. The van der Waals surface area contributed by atoms with Crippen LogP contribution in [0.15, 0.2) is 61.2 Å². The number of piperazine rings is 1. The van der Waals surface area contributed by atoms with Gasteiger partial charge in [0, 0.05) is 50.4 Å². The molecule has 214 valence electrons. The van der Waals surface area contributed by atoms with Crippen LogP contribution in [0.25, 0.3) is 0 Å². The molecule has 1 aliphatic heterocycles. The molecular formula is C33H51N3O2Si. The molecule has 6 heteroatoms. The van der Waals surface area contributed by atoms with Crippen molar-refractivity contribution in [1.29, 1.82) is 0 Å². The molecule has 0 bridgehead atoms. The third kappa shape index (κ3) is 7.22. The van der Waals surface area contributed by atoms with Crippen molar-refractivity contribution < 1.29 is 9.22 Å². The molecule has 0 aromatic heterocycles. The minimum atomic E-state index is -1.98. The predicted octanol–water partition coefficient (Wildman–Crippen LogP) is 7.22. The Morgan fingerprint density at radius 2 is 1.69 bits per heavy atom. The van der Waals surface area contributed by atoms with E-state index in [1.54, 1.807) is 0 Å². The lowest BCUT2D eigenvalue weighted by Gasteiger charge is -2.47. The third-order valence-electron chi connectivity index (χ3n) is 8.74. The maximum Gasteiger partial charge on any atom is 0.253 e. The van der Waals surface area contributed by atoms with E-state index in [1.165, 1.54) is 11.1 Å². The molecule has 0 spiro atoms. The van der Waals surface area contributed by atoms with Crippen LogP contribution in [0.3, 0.4) is 0 Å². The summed E-state index contributed by atoms with van der Waals surface area (Å²) in [4.78, 5) is 20.0. The fraction of sp³-hybridized carbons (Fsp3) is 0.545. The fourth-order valence-electron chi connectivity index (χ4n) is 5.28. The molecule has 5 nitrogen and oxygen atoms in total. The summed E-state index contributed by atoms with van der Waals surface area (Å²) >= 11 is 0. The van der Waals surface area contributed by atoms with E-state index in [0.29, 0.717) is 25.2 Å². The zero-order valence-corrected chi connectivity index (χ0v) is 26.8. The zero-order chi connectivity index (χ0) is 29.0. The van der Waals surface area contributed by atoms with Crippen LogP contribution < -0.4 is 4.43 Å². The van der Waals surface area contributed by atoms with Crippen LogP contribution in [0.4, 0.5) is 0 Å². The lowest BCUT2D eigenvalue weighted by Crippen LogP contribution is -2.57. The van der Waals surface area contributed by atoms with Gasteiger partial charge in [-0.05, 0) is 81.2 Å². The summed E-state index contributed by atoms with van der Waals surface area (Å²) in [6.07, 6.45) is 2.00. The van der Waals surface area contributed by atoms with Gasteiger partial charge < -0.3 is 9.33 Å². The number of rotatable bonds is 10. The van der Waals surface area contributed by atoms with Gasteiger partial charge in [-0.1, -0.05) is 51.1 Å². The van der Waals surface area contributed by atoms with E-state index in [-0.39, 0.29) is 17.0 Å². The second-order valence-corrected chi connectivity index (χ2v) is 17.3. The Kier molecular flexibility index (Phi) is 10.2. The molecule has 2 aromatic rings. The molecule has 1 fully saturated rings. The SMILES string of the molecule is C=CCN1C[C@H](C)N([C@@H](c2ccc(C(=O)N(CC)CC)cc2)c2cccc(O[Si](C)(C)C(C)(C)C)c2)C[C@H]1C. The van der Waals surface area contributed by atoms with E-state index >= 15 is 0 Å². The highest BCUT2D eigenvalue weighted by Gasteiger charge is 2.39. The quantitative estimate of drug-likeness (QED) is 0.231. The number of carbonyl (C=O) groups is 1. The second kappa shape index (κ2) is 12.8. The van der Waals surface area contributed by atoms with Crippen LogP contribution in [0.1, 0.15) is 76.0 Å². The molecular weight excluding hydrogens is 498 g/mol. The van der Waals surface area contributed by atoms with Crippen molar-refractivity contribution in [2.24, 2.45) is 0 Å². The average molecular weight is 550 g/mol. The monoisotopic (exact) mass is 549 g/mol. The molecule has 0 N–H and O–H groups in total. The topological polar surface area (TPSA) is 36.0 Å². The highest BCUT2D eigenvalue weighted by atomic mass is 28.4. The van der Waals surface area contributed by atoms with Gasteiger partial charge in [-0.2, -0.15) is 0 Å². The first-order valence-electron chi connectivity index (χ1n) is 14.6. The molecule has 1 heterocycles. The lowest BCUT2D eigenvalue weighted by molar-refractivity contribution is 0.0306. The molecule has 1 amide bonds. The lowest BCUT2D eigenvalue weighted by atomic mass is 9.92. The summed E-state index contributed by atoms with van der Waals surface area (Å²) in [5, 5.41) is 0.126. The van der Waals surface area contributed by atoms with Crippen LogP contribution >= 0.6 is 0 Å². The normalized spacial score (nSPS) is 19.9. The standard InChI is InChI=1S/C33H51N3O2Si/c1-11-21-35-23-26(5)36(24-25(35)4)31(27-17-19-28(20-18-27)32(37)34(12-2)13-3)29-15-14-16-30(22-29)38-39(9,10)33(6,7)8/h11,14-20,22,25-26,31H,1,12-13,21,23-24H2,2-10H3/t25-,26+,31+/m1/s1. The smallest absolute Gasteiger partial charge is 0.253 e. The van der Waals surface area contributed by atoms with Crippen LogP contribution in [-0.4, -0.2) is 73.7 Å². The Hall–Kier alpha value is -2.41. The van der Waals surface area contributed by atoms with Crippen molar-refractivity contribution >= 4 is 14.2 Å². The Bertz CT molecular complexity index is 1100. The van der Waals surface area contributed by atoms with Crippen molar-refractivity contribution in [3.8, 4) is 5.75 Å². The summed E-state index contributed by atoms with van der Waals surface area (Å²) in [6.45, 7) is 28.3. The maximum absolute atomic E-state index is 13.0. The highest BCUT2D eigenvalue weighted by molar-refractivity contribution is 6.74. The number of amides is 1. The van der Waals surface area contributed by atoms with Crippen LogP contribution in [0.5, 0.6) is 5.75 Å². The predicted molar refractivity (Wildman–Crippen MR) is 167 cm³/mol. The van der Waals surface area contributed by atoms with Crippen molar-refractivity contribution in [1.82, 2.24) is 14.7 Å². The number of nitrogens with zero attached hydrogens (tertiary/aromatic N) is 3. The fourth-order valence-corrected chi connectivity index (χ4v) is 6.30. The first kappa shape index (κ1) is 31.1. The van der Waals surface area contributed by atoms with Gasteiger partial charge in [0.15, 0.2) is 0 Å². The Morgan fingerprint density at radius 3 is 2.26 bits per heavy atom. The summed E-state index contributed by atoms with van der Waals surface area (Å²) in [6, 6.07) is 17.8. The largest absolute Gasteiger partial charge is 0.543 e. The van der Waals surface area contributed by atoms with Crippen molar-refractivity contribution in [2.75, 3.05) is 32.7 Å². The number of hydrogen-bond donors (Lipinski definition) is 0. The number of carbonyl (C=O) groups excluding carboxylic acids is 1. The average Bonchev–Trinajstić information content (AvgIpc) is 2.87. The maximum atomic E-state index is 13.0. The van der Waals surface area contributed by atoms with E-state index in [2.05, 4.69) is 100 Å². The molecule has 39 heavy (non-hydrogen) atoms. The van der Waals surface area contributed by atoms with Crippen LogP contribution in [-0.2, 0) is 0 Å². The van der Waals surface area contributed by atoms with Gasteiger partial charge in [0.1, 0.15) is 5.75 Å². The van der Waals surface area contributed by atoms with E-state index in [0.717, 1.165) is 30.9 Å². The second-order valence-electron chi connectivity index (χ2n) is 12.6.